The number of allylic oxidation sites excluding steroid dienone is 1. The van der Waals surface area contributed by atoms with Gasteiger partial charge in [0.1, 0.15) is 6.10 Å². The fourth-order valence-corrected chi connectivity index (χ4v) is 13.7. The maximum atomic E-state index is 14.3. The van der Waals surface area contributed by atoms with Gasteiger partial charge in [-0.05, 0) is 110 Å². The smallest absolute Gasteiger partial charge is 0.309 e. The molecular formula is C48H73N3O7. The van der Waals surface area contributed by atoms with E-state index in [9.17, 15) is 29.4 Å². The average molecular weight is 804 g/mol. The first kappa shape index (κ1) is 44.5. The van der Waals surface area contributed by atoms with Crippen LogP contribution < -0.4 is 5.73 Å². The van der Waals surface area contributed by atoms with Gasteiger partial charge in [-0.2, -0.15) is 0 Å². The molecule has 0 aliphatic heterocycles. The number of carboxylic acid groups (broad SMARTS) is 1. The van der Waals surface area contributed by atoms with Gasteiger partial charge in [-0.25, -0.2) is 0 Å². The van der Waals surface area contributed by atoms with Crippen LogP contribution in [0, 0.1) is 50.2 Å². The highest BCUT2D eigenvalue weighted by molar-refractivity contribution is 6.00. The van der Waals surface area contributed by atoms with Crippen LogP contribution >= 0.6 is 0 Å². The second-order valence-corrected chi connectivity index (χ2v) is 21.7. The minimum absolute atomic E-state index is 0.0140. The van der Waals surface area contributed by atoms with Crippen LogP contribution in [0.25, 0.3) is 0 Å². The largest absolute Gasteiger partial charge is 0.481 e. The third-order valence-electron chi connectivity index (χ3n) is 17.5. The van der Waals surface area contributed by atoms with Crippen LogP contribution in [0.15, 0.2) is 41.5 Å². The second kappa shape index (κ2) is 15.1. The van der Waals surface area contributed by atoms with Gasteiger partial charge in [0.25, 0.3) is 0 Å². The Morgan fingerprint density at radius 1 is 0.931 bits per heavy atom. The summed E-state index contributed by atoms with van der Waals surface area (Å²) in [6.45, 7) is 20.0. The highest BCUT2D eigenvalue weighted by atomic mass is 16.5. The third-order valence-corrected chi connectivity index (χ3v) is 17.5. The zero-order valence-corrected chi connectivity index (χ0v) is 37.4. The molecule has 4 saturated carbocycles. The highest BCUT2D eigenvalue weighted by Crippen LogP contribution is 2.77. The molecule has 0 heterocycles. The minimum Gasteiger partial charge on any atom is -0.481 e. The number of aliphatic carboxylic acids is 1. The van der Waals surface area contributed by atoms with Crippen molar-refractivity contribution >= 4 is 23.6 Å². The van der Waals surface area contributed by atoms with Crippen LogP contribution in [0.1, 0.15) is 132 Å². The number of likely N-dealkylation sites (N-methyl/N-ethyl adjacent to an activating group) is 1. The molecule has 1 aromatic carbocycles. The summed E-state index contributed by atoms with van der Waals surface area (Å²) < 4.78 is 6.18. The number of aliphatic hydroxyl groups is 1. The van der Waals surface area contributed by atoms with Crippen molar-refractivity contribution in [2.75, 3.05) is 27.2 Å². The SMILES string of the molecule is CC(C)C1=C2C3CC[C@@]4(N)[C@@](C)(CC[C@H]5C(C)(C)[C@@H](OC(=O)CC(C)(C)C(=O)O)CC[C@@]54C)[C@]3(C)CCC2([C@@H](O)CN(CC(=O)N(C)C)Cc2ccccc2)CC1=O. The summed E-state index contributed by atoms with van der Waals surface area (Å²) in [5.74, 6) is -1.09. The van der Waals surface area contributed by atoms with Crippen molar-refractivity contribution in [2.45, 2.75) is 151 Å². The molecule has 4 fully saturated rings. The van der Waals surface area contributed by atoms with E-state index in [-0.39, 0.29) is 76.7 Å². The molecule has 1 aromatic rings. The number of carbonyl (C=O) groups is 4. The molecule has 10 nitrogen and oxygen atoms in total. The number of ether oxygens (including phenoxy) is 1. The zero-order chi connectivity index (χ0) is 43.0. The number of carboxylic acids is 1. The van der Waals surface area contributed by atoms with E-state index in [2.05, 4.69) is 53.4 Å². The lowest BCUT2D eigenvalue weighted by molar-refractivity contribution is -0.245. The quantitative estimate of drug-likeness (QED) is 0.184. The van der Waals surface area contributed by atoms with E-state index < -0.39 is 34.4 Å². The number of amides is 1. The average Bonchev–Trinajstić information content (AvgIpc) is 3.44. The van der Waals surface area contributed by atoms with E-state index in [1.165, 1.54) is 5.57 Å². The van der Waals surface area contributed by atoms with Crippen molar-refractivity contribution in [3.8, 4) is 0 Å². The van der Waals surface area contributed by atoms with Crippen molar-refractivity contribution in [3.63, 3.8) is 0 Å². The van der Waals surface area contributed by atoms with Crippen LogP contribution in [0.3, 0.4) is 0 Å². The number of rotatable bonds is 12. The summed E-state index contributed by atoms with van der Waals surface area (Å²) in [5, 5.41) is 22.3. The Hall–Kier alpha value is -3.08. The highest BCUT2D eigenvalue weighted by Gasteiger charge is 2.75. The predicted molar refractivity (Wildman–Crippen MR) is 225 cm³/mol. The predicted octanol–water partition coefficient (Wildman–Crippen LogP) is 7.41. The van der Waals surface area contributed by atoms with Gasteiger partial charge >= 0.3 is 11.9 Å². The fourth-order valence-electron chi connectivity index (χ4n) is 13.7. The number of fused-ring (bicyclic) bond motifs is 7. The van der Waals surface area contributed by atoms with E-state index in [0.29, 0.717) is 25.8 Å². The fraction of sp³-hybridized carbons (Fsp3) is 0.750. The summed E-state index contributed by atoms with van der Waals surface area (Å²) in [5.41, 5.74) is 7.61. The number of benzene rings is 1. The molecule has 0 bridgehead atoms. The lowest BCUT2D eigenvalue weighted by atomic mass is 9.30. The second-order valence-electron chi connectivity index (χ2n) is 21.7. The summed E-state index contributed by atoms with van der Waals surface area (Å²) in [6.07, 6.45) is 5.37. The number of Topliss-reactive ketones (excluding diaryl/α,β-unsaturated/α-hetero) is 1. The van der Waals surface area contributed by atoms with Crippen LogP contribution in [0.4, 0.5) is 0 Å². The Morgan fingerprint density at radius 3 is 2.19 bits per heavy atom. The molecule has 6 rings (SSSR count). The number of hydrogen-bond donors (Lipinski definition) is 3. The molecule has 0 radical (unpaired) electrons. The Labute approximate surface area is 347 Å². The summed E-state index contributed by atoms with van der Waals surface area (Å²) in [7, 11) is 3.52. The Kier molecular flexibility index (Phi) is 11.6. The van der Waals surface area contributed by atoms with Crippen molar-refractivity contribution in [1.82, 2.24) is 9.80 Å². The Bertz CT molecular complexity index is 1820. The summed E-state index contributed by atoms with van der Waals surface area (Å²) >= 11 is 0. The third kappa shape index (κ3) is 6.79. The van der Waals surface area contributed by atoms with Crippen molar-refractivity contribution in [3.05, 3.63) is 47.0 Å². The zero-order valence-electron chi connectivity index (χ0n) is 37.4. The maximum absolute atomic E-state index is 14.3. The first-order valence-corrected chi connectivity index (χ1v) is 22.0. The maximum Gasteiger partial charge on any atom is 0.309 e. The number of ketones is 1. The molecular weight excluding hydrogens is 731 g/mol. The molecule has 9 atom stereocenters. The number of aliphatic hydroxyl groups excluding tert-OH is 1. The number of esters is 1. The van der Waals surface area contributed by atoms with E-state index in [1.54, 1.807) is 32.8 Å². The molecule has 322 valence electrons. The number of nitrogens with two attached hydrogens (primary N) is 1. The van der Waals surface area contributed by atoms with Gasteiger partial charge in [-0.1, -0.05) is 84.4 Å². The van der Waals surface area contributed by atoms with Gasteiger partial charge in [0.05, 0.1) is 24.5 Å². The van der Waals surface area contributed by atoms with Crippen LogP contribution in [0.2, 0.25) is 0 Å². The van der Waals surface area contributed by atoms with Crippen LogP contribution in [0.5, 0.6) is 0 Å². The normalized spacial score (nSPS) is 36.1. The van der Waals surface area contributed by atoms with Crippen molar-refractivity contribution < 1.29 is 34.1 Å². The molecule has 0 spiro atoms. The molecule has 10 heteroatoms. The molecule has 58 heavy (non-hydrogen) atoms. The number of nitrogens with zero attached hydrogens (tertiary/aromatic N) is 2. The summed E-state index contributed by atoms with van der Waals surface area (Å²) in [4.78, 5) is 56.1. The first-order valence-electron chi connectivity index (χ1n) is 22.0. The molecule has 0 saturated heterocycles. The number of hydrogen-bond acceptors (Lipinski definition) is 8. The van der Waals surface area contributed by atoms with Crippen molar-refractivity contribution in [2.24, 2.45) is 56.0 Å². The molecule has 5 aliphatic rings. The summed E-state index contributed by atoms with van der Waals surface area (Å²) in [6, 6.07) is 10.1. The molecule has 1 amide bonds. The van der Waals surface area contributed by atoms with Gasteiger partial charge < -0.3 is 25.6 Å². The van der Waals surface area contributed by atoms with E-state index in [0.717, 1.165) is 49.7 Å². The van der Waals surface area contributed by atoms with E-state index in [4.69, 9.17) is 10.5 Å². The van der Waals surface area contributed by atoms with Gasteiger partial charge in [0.2, 0.25) is 5.91 Å². The molecule has 0 aromatic heterocycles. The Morgan fingerprint density at radius 2 is 1.59 bits per heavy atom. The molecule has 4 N–H and O–H groups in total. The van der Waals surface area contributed by atoms with Gasteiger partial charge in [-0.15, -0.1) is 0 Å². The lowest BCUT2D eigenvalue weighted by Crippen LogP contribution is -2.78. The molecule has 2 unspecified atom stereocenters. The van der Waals surface area contributed by atoms with E-state index >= 15 is 0 Å². The standard InChI is InChI=1S/C48H73N3O7/c1-30(2)39-33(52)25-47(35(53)28-51(29-37(54)50(10)11)27-31-15-13-12-14-16-31)24-23-44(7)32(40(39)47)17-22-48(49)45(8)20-19-36(58-38(55)26-42(3,4)41(56)57)43(5,6)34(45)18-21-46(44,48)9/h12-16,30,32,34-36,53H,17-29,49H2,1-11H3,(H,56,57)/t32?,34-,35-,36-,44+,45-,46-,47?,48-/m0/s1. The minimum atomic E-state index is -1.21. The van der Waals surface area contributed by atoms with Crippen LogP contribution in [-0.2, 0) is 30.5 Å². The van der Waals surface area contributed by atoms with Crippen molar-refractivity contribution in [1.29, 1.82) is 0 Å². The number of carbonyl (C=O) groups excluding carboxylic acids is 3. The van der Waals surface area contributed by atoms with Crippen LogP contribution in [-0.4, -0.2) is 88.6 Å². The Balaban J connectivity index is 1.32. The van der Waals surface area contributed by atoms with Gasteiger partial charge in [0, 0.05) is 50.0 Å². The van der Waals surface area contributed by atoms with Gasteiger partial charge in [0.15, 0.2) is 5.78 Å². The first-order chi connectivity index (χ1) is 26.8. The molecule has 5 aliphatic carbocycles. The lowest BCUT2D eigenvalue weighted by Gasteiger charge is -2.76. The monoisotopic (exact) mass is 804 g/mol. The topological polar surface area (TPSA) is 150 Å². The van der Waals surface area contributed by atoms with Gasteiger partial charge in [-0.3, -0.25) is 24.1 Å². The van der Waals surface area contributed by atoms with E-state index in [1.807, 2.05) is 30.3 Å².